The summed E-state index contributed by atoms with van der Waals surface area (Å²) in [6.07, 6.45) is 0. The molecular formula is C10H13ClN2O2. The zero-order valence-corrected chi connectivity index (χ0v) is 9.17. The molecule has 3 N–H and O–H groups in total. The first kappa shape index (κ1) is 12.0. The molecule has 0 aliphatic heterocycles. The third-order valence-electron chi connectivity index (χ3n) is 1.79. The number of carbonyl (C=O) groups is 1. The topological polar surface area (TPSA) is 64.3 Å². The summed E-state index contributed by atoms with van der Waals surface area (Å²) in [6, 6.07) is 5.72. The van der Waals surface area contributed by atoms with Crippen LogP contribution in [0, 0.1) is 6.92 Å². The van der Waals surface area contributed by atoms with Gasteiger partial charge in [0.05, 0.1) is 0 Å². The normalized spacial score (nSPS) is 10.3. The van der Waals surface area contributed by atoms with Crippen molar-refractivity contribution in [3.63, 3.8) is 0 Å². The van der Waals surface area contributed by atoms with E-state index in [1.165, 1.54) is 0 Å². The zero-order chi connectivity index (χ0) is 11.3. The number of rotatable bonds is 5. The highest BCUT2D eigenvalue weighted by molar-refractivity contribution is 6.31. The first-order valence-electron chi connectivity index (χ1n) is 4.47. The van der Waals surface area contributed by atoms with Crippen LogP contribution >= 0.6 is 11.6 Å². The molecule has 0 fully saturated rings. The minimum atomic E-state index is -0.516. The Hall–Kier alpha value is -1.10. The lowest BCUT2D eigenvalue weighted by molar-refractivity contribution is -0.125. The Balaban J connectivity index is 2.40. The number of hydroxylamine groups is 1. The van der Waals surface area contributed by atoms with Crippen molar-refractivity contribution in [2.45, 2.75) is 13.5 Å². The van der Waals surface area contributed by atoms with Gasteiger partial charge in [0.25, 0.3) is 0 Å². The molecule has 1 aromatic carbocycles. The van der Waals surface area contributed by atoms with Gasteiger partial charge in [-0.3, -0.25) is 9.63 Å². The van der Waals surface area contributed by atoms with Crippen LogP contribution in [0.2, 0.25) is 5.02 Å². The van der Waals surface area contributed by atoms with E-state index in [9.17, 15) is 4.79 Å². The van der Waals surface area contributed by atoms with Crippen molar-refractivity contribution in [1.29, 1.82) is 0 Å². The molecular weight excluding hydrogens is 216 g/mol. The Bertz CT molecular complexity index is 355. The van der Waals surface area contributed by atoms with Crippen LogP contribution < -0.4 is 11.2 Å². The molecule has 82 valence electrons. The second-order valence-corrected chi connectivity index (χ2v) is 3.58. The molecule has 0 aliphatic carbocycles. The van der Waals surface area contributed by atoms with Crippen LogP contribution in [0.1, 0.15) is 11.1 Å². The molecule has 4 nitrogen and oxygen atoms in total. The molecule has 0 heterocycles. The van der Waals surface area contributed by atoms with Crippen LogP contribution in [-0.4, -0.2) is 12.5 Å². The molecule has 0 bridgehead atoms. The van der Waals surface area contributed by atoms with Gasteiger partial charge in [0.2, 0.25) is 5.91 Å². The summed E-state index contributed by atoms with van der Waals surface area (Å²) in [5, 5.41) is 0.671. The minimum absolute atomic E-state index is 0.149. The summed E-state index contributed by atoms with van der Waals surface area (Å²) in [7, 11) is 0. The molecule has 0 aliphatic rings. The fourth-order valence-corrected chi connectivity index (χ4v) is 1.35. The molecule has 0 saturated heterocycles. The Morgan fingerprint density at radius 3 is 2.93 bits per heavy atom. The summed E-state index contributed by atoms with van der Waals surface area (Å²) in [5.41, 5.74) is 9.51. The summed E-state index contributed by atoms with van der Waals surface area (Å²) < 4.78 is 0. The molecule has 5 heteroatoms. The van der Waals surface area contributed by atoms with Gasteiger partial charge in [-0.25, -0.2) is 0 Å². The molecule has 1 aromatic rings. The average molecular weight is 229 g/mol. The SMILES string of the molecule is Cc1ccc(CNOCC(N)=O)c(Cl)c1. The third kappa shape index (κ3) is 4.29. The Morgan fingerprint density at radius 1 is 1.60 bits per heavy atom. The molecule has 0 atom stereocenters. The average Bonchev–Trinajstić information content (AvgIpc) is 2.14. The highest BCUT2D eigenvalue weighted by atomic mass is 35.5. The van der Waals surface area contributed by atoms with E-state index in [-0.39, 0.29) is 6.61 Å². The highest BCUT2D eigenvalue weighted by Gasteiger charge is 2.00. The van der Waals surface area contributed by atoms with E-state index in [1.54, 1.807) is 0 Å². The fourth-order valence-electron chi connectivity index (χ4n) is 1.05. The largest absolute Gasteiger partial charge is 0.368 e. The molecule has 0 aromatic heterocycles. The Labute approximate surface area is 93.3 Å². The standard InChI is InChI=1S/C10H13ClN2O2/c1-7-2-3-8(9(11)4-7)5-13-15-6-10(12)14/h2-4,13H,5-6H2,1H3,(H2,12,14). The smallest absolute Gasteiger partial charge is 0.245 e. The van der Waals surface area contributed by atoms with Gasteiger partial charge in [0, 0.05) is 11.6 Å². The van der Waals surface area contributed by atoms with Gasteiger partial charge in [-0.1, -0.05) is 23.7 Å². The van der Waals surface area contributed by atoms with E-state index in [4.69, 9.17) is 22.2 Å². The van der Waals surface area contributed by atoms with Crippen LogP contribution in [-0.2, 0) is 16.2 Å². The quantitative estimate of drug-likeness (QED) is 0.587. The molecule has 0 unspecified atom stereocenters. The van der Waals surface area contributed by atoms with Gasteiger partial charge < -0.3 is 5.73 Å². The van der Waals surface area contributed by atoms with Crippen molar-refractivity contribution in [3.05, 3.63) is 34.3 Å². The maximum Gasteiger partial charge on any atom is 0.245 e. The first-order chi connectivity index (χ1) is 7.09. The van der Waals surface area contributed by atoms with Crippen molar-refractivity contribution < 1.29 is 9.63 Å². The monoisotopic (exact) mass is 228 g/mol. The van der Waals surface area contributed by atoms with Crippen LogP contribution in [0.5, 0.6) is 0 Å². The number of amides is 1. The van der Waals surface area contributed by atoms with Crippen molar-refractivity contribution in [1.82, 2.24) is 5.48 Å². The number of nitrogens with one attached hydrogen (secondary N) is 1. The van der Waals surface area contributed by atoms with Crippen LogP contribution in [0.4, 0.5) is 0 Å². The van der Waals surface area contributed by atoms with Gasteiger partial charge in [0.15, 0.2) is 0 Å². The van der Waals surface area contributed by atoms with Crippen LogP contribution in [0.3, 0.4) is 0 Å². The number of carbonyl (C=O) groups excluding carboxylic acids is 1. The number of halogens is 1. The van der Waals surface area contributed by atoms with Crippen molar-refractivity contribution in [3.8, 4) is 0 Å². The summed E-state index contributed by atoms with van der Waals surface area (Å²) in [4.78, 5) is 15.2. The zero-order valence-electron chi connectivity index (χ0n) is 8.42. The van der Waals surface area contributed by atoms with E-state index >= 15 is 0 Å². The van der Waals surface area contributed by atoms with Gasteiger partial charge in [0.1, 0.15) is 6.61 Å². The number of nitrogens with two attached hydrogens (primary N) is 1. The lowest BCUT2D eigenvalue weighted by Crippen LogP contribution is -2.24. The molecule has 1 amide bonds. The highest BCUT2D eigenvalue weighted by Crippen LogP contribution is 2.16. The van der Waals surface area contributed by atoms with E-state index in [0.29, 0.717) is 11.6 Å². The van der Waals surface area contributed by atoms with Gasteiger partial charge >= 0.3 is 0 Å². The molecule has 0 saturated carbocycles. The van der Waals surface area contributed by atoms with Gasteiger partial charge in [-0.05, 0) is 24.1 Å². The number of hydrogen-bond acceptors (Lipinski definition) is 3. The van der Waals surface area contributed by atoms with Gasteiger partial charge in [-0.15, -0.1) is 0 Å². The Morgan fingerprint density at radius 2 is 2.33 bits per heavy atom. The Kier molecular flexibility index (Phi) is 4.55. The predicted molar refractivity (Wildman–Crippen MR) is 58.2 cm³/mol. The van der Waals surface area contributed by atoms with E-state index in [1.807, 2.05) is 25.1 Å². The first-order valence-corrected chi connectivity index (χ1v) is 4.85. The molecule has 1 rings (SSSR count). The van der Waals surface area contributed by atoms with Crippen molar-refractivity contribution in [2.75, 3.05) is 6.61 Å². The van der Waals surface area contributed by atoms with Crippen molar-refractivity contribution in [2.24, 2.45) is 5.73 Å². The summed E-state index contributed by atoms with van der Waals surface area (Å²) >= 11 is 5.98. The van der Waals surface area contributed by atoms with Crippen molar-refractivity contribution >= 4 is 17.5 Å². The van der Waals surface area contributed by atoms with Gasteiger partial charge in [-0.2, -0.15) is 5.48 Å². The lowest BCUT2D eigenvalue weighted by Gasteiger charge is -2.06. The number of hydrogen-bond donors (Lipinski definition) is 2. The number of primary amides is 1. The second kappa shape index (κ2) is 5.70. The summed E-state index contributed by atoms with van der Waals surface area (Å²) in [5.74, 6) is -0.516. The summed E-state index contributed by atoms with van der Waals surface area (Å²) in [6.45, 7) is 2.25. The van der Waals surface area contributed by atoms with E-state index < -0.39 is 5.91 Å². The van der Waals surface area contributed by atoms with Crippen LogP contribution in [0.25, 0.3) is 0 Å². The molecule has 0 radical (unpaired) electrons. The fraction of sp³-hybridized carbons (Fsp3) is 0.300. The lowest BCUT2D eigenvalue weighted by atomic mass is 10.1. The van der Waals surface area contributed by atoms with E-state index in [2.05, 4.69) is 5.48 Å². The van der Waals surface area contributed by atoms with E-state index in [0.717, 1.165) is 11.1 Å². The molecule has 0 spiro atoms. The number of benzene rings is 1. The van der Waals surface area contributed by atoms with Crippen LogP contribution in [0.15, 0.2) is 18.2 Å². The second-order valence-electron chi connectivity index (χ2n) is 3.17. The molecule has 15 heavy (non-hydrogen) atoms. The third-order valence-corrected chi connectivity index (χ3v) is 2.14. The maximum atomic E-state index is 10.4. The maximum absolute atomic E-state index is 10.4. The predicted octanol–water partition coefficient (Wildman–Crippen LogP) is 1.15. The number of aryl methyl sites for hydroxylation is 1. The minimum Gasteiger partial charge on any atom is -0.368 e.